The fraction of sp³-hybridized carbons (Fsp3) is 0.0417. The Labute approximate surface area is 197 Å². The minimum atomic E-state index is -0.473. The van der Waals surface area contributed by atoms with Gasteiger partial charge in [-0.2, -0.15) is 9.89 Å². The molecule has 0 radical (unpaired) electrons. The number of anilines is 2. The molecule has 1 amide bonds. The maximum Gasteiger partial charge on any atom is 0.294 e. The lowest BCUT2D eigenvalue weighted by Gasteiger charge is -2.12. The van der Waals surface area contributed by atoms with Gasteiger partial charge < -0.3 is 16.5 Å². The molecule has 0 fully saturated rings. The molecule has 0 aliphatic rings. The molecule has 6 rings (SSSR count). The van der Waals surface area contributed by atoms with Crippen molar-refractivity contribution >= 4 is 60.8 Å². The summed E-state index contributed by atoms with van der Waals surface area (Å²) in [7, 11) is 0. The number of carbonyl (C=O) groups is 1. The highest BCUT2D eigenvalue weighted by Gasteiger charge is 2.16. The molecule has 0 spiro atoms. The zero-order chi connectivity index (χ0) is 23.1. The number of nitrogen functional groups attached to an aromatic ring is 1. The van der Waals surface area contributed by atoms with Crippen molar-refractivity contribution in [2.45, 2.75) is 6.54 Å². The fourth-order valence-corrected chi connectivity index (χ4v) is 4.61. The van der Waals surface area contributed by atoms with Gasteiger partial charge in [-0.3, -0.25) is 4.79 Å². The number of benzene rings is 2. The van der Waals surface area contributed by atoms with Crippen LogP contribution in [0.15, 0.2) is 72.2 Å². The largest absolute Gasteiger partial charge is 0.382 e. The highest BCUT2D eigenvalue weighted by molar-refractivity contribution is 7.17. The minimum Gasteiger partial charge on any atom is -0.382 e. The van der Waals surface area contributed by atoms with E-state index in [1.165, 1.54) is 11.3 Å². The Morgan fingerprint density at radius 3 is 2.74 bits per heavy atom. The second-order valence-electron chi connectivity index (χ2n) is 7.65. The smallest absolute Gasteiger partial charge is 0.294 e. The Morgan fingerprint density at radius 2 is 1.82 bits per heavy atom. The second-order valence-corrected chi connectivity index (χ2v) is 8.56. The van der Waals surface area contributed by atoms with Gasteiger partial charge in [0, 0.05) is 10.8 Å². The number of rotatable bonds is 5. The number of amides is 1. The maximum atomic E-state index is 12.9. The first kappa shape index (κ1) is 20.1. The van der Waals surface area contributed by atoms with Crippen LogP contribution in [0.4, 0.5) is 11.6 Å². The molecule has 34 heavy (non-hydrogen) atoms. The SMILES string of the molecule is Nc1nc(C(=O)Nc2cc3ccccc3c(CNn3ncc4ccccc43)n2)nc2ccsc12. The average Bonchev–Trinajstić information content (AvgIpc) is 3.50. The third-order valence-corrected chi connectivity index (χ3v) is 6.39. The number of fused-ring (bicyclic) bond motifs is 3. The van der Waals surface area contributed by atoms with Crippen LogP contribution in [0.25, 0.3) is 31.9 Å². The molecule has 0 aliphatic carbocycles. The van der Waals surface area contributed by atoms with E-state index in [4.69, 9.17) is 10.7 Å². The third-order valence-electron chi connectivity index (χ3n) is 5.47. The zero-order valence-corrected chi connectivity index (χ0v) is 18.6. The molecule has 2 aromatic carbocycles. The molecule has 0 bridgehead atoms. The van der Waals surface area contributed by atoms with Gasteiger partial charge in [0.1, 0.15) is 11.6 Å². The summed E-state index contributed by atoms with van der Waals surface area (Å²) < 4.78 is 0.764. The van der Waals surface area contributed by atoms with Crippen LogP contribution in [0.2, 0.25) is 0 Å². The molecule has 0 unspecified atom stereocenters. The standard InChI is InChI=1S/C24H18N8OS/c25-22-21-17(9-10-34-21)29-23(31-22)24(33)30-20-11-14-5-1-3-7-16(14)18(28-20)13-27-32-19-8-4-2-6-15(19)12-26-32/h1-12,27H,13H2,(H2,25,29,31)(H,28,30,33). The highest BCUT2D eigenvalue weighted by Crippen LogP contribution is 2.25. The van der Waals surface area contributed by atoms with E-state index in [2.05, 4.69) is 25.8 Å². The summed E-state index contributed by atoms with van der Waals surface area (Å²) in [5.41, 5.74) is 11.7. The van der Waals surface area contributed by atoms with E-state index in [-0.39, 0.29) is 11.6 Å². The number of aromatic nitrogens is 5. The van der Waals surface area contributed by atoms with Gasteiger partial charge in [0.15, 0.2) is 0 Å². The molecular weight excluding hydrogens is 448 g/mol. The highest BCUT2D eigenvalue weighted by atomic mass is 32.1. The lowest BCUT2D eigenvalue weighted by molar-refractivity contribution is 0.101. The fourth-order valence-electron chi connectivity index (χ4n) is 3.88. The molecule has 9 nitrogen and oxygen atoms in total. The topological polar surface area (TPSA) is 124 Å². The van der Waals surface area contributed by atoms with Gasteiger partial charge in [0.05, 0.1) is 34.2 Å². The summed E-state index contributed by atoms with van der Waals surface area (Å²) in [6, 6.07) is 19.5. The van der Waals surface area contributed by atoms with Crippen molar-refractivity contribution in [2.75, 3.05) is 16.5 Å². The zero-order valence-electron chi connectivity index (χ0n) is 17.8. The van der Waals surface area contributed by atoms with E-state index >= 15 is 0 Å². The Hall–Kier alpha value is -4.57. The first-order chi connectivity index (χ1) is 16.7. The number of para-hydroxylation sites is 1. The second kappa shape index (κ2) is 8.09. The predicted molar refractivity (Wildman–Crippen MR) is 134 cm³/mol. The summed E-state index contributed by atoms with van der Waals surface area (Å²) in [6.45, 7) is 0.403. The van der Waals surface area contributed by atoms with E-state index < -0.39 is 5.91 Å². The van der Waals surface area contributed by atoms with Crippen molar-refractivity contribution in [3.05, 3.63) is 83.8 Å². The van der Waals surface area contributed by atoms with Crippen molar-refractivity contribution in [1.82, 2.24) is 24.8 Å². The number of carbonyl (C=O) groups excluding carboxylic acids is 1. The third kappa shape index (κ3) is 3.55. The molecule has 4 N–H and O–H groups in total. The molecule has 0 saturated heterocycles. The van der Waals surface area contributed by atoms with Crippen molar-refractivity contribution in [1.29, 1.82) is 0 Å². The normalized spacial score (nSPS) is 11.3. The first-order valence-electron chi connectivity index (χ1n) is 10.5. The summed E-state index contributed by atoms with van der Waals surface area (Å²) in [5.74, 6) is 0.215. The average molecular weight is 467 g/mol. The van der Waals surface area contributed by atoms with E-state index in [1.54, 1.807) is 11.0 Å². The molecule has 4 aromatic heterocycles. The van der Waals surface area contributed by atoms with Crippen LogP contribution in [-0.2, 0) is 6.54 Å². The van der Waals surface area contributed by atoms with Crippen LogP contribution < -0.4 is 16.5 Å². The number of hydrogen-bond acceptors (Lipinski definition) is 8. The monoisotopic (exact) mass is 466 g/mol. The van der Waals surface area contributed by atoms with Crippen molar-refractivity contribution < 1.29 is 4.79 Å². The Bertz CT molecular complexity index is 1690. The van der Waals surface area contributed by atoms with Gasteiger partial charge in [-0.25, -0.2) is 15.0 Å². The number of nitrogens with zero attached hydrogens (tertiary/aromatic N) is 5. The van der Waals surface area contributed by atoms with Crippen LogP contribution in [-0.4, -0.2) is 30.7 Å². The van der Waals surface area contributed by atoms with Gasteiger partial charge in [0.2, 0.25) is 5.82 Å². The Morgan fingerprint density at radius 1 is 1.00 bits per heavy atom. The van der Waals surface area contributed by atoms with E-state index in [0.29, 0.717) is 17.9 Å². The summed E-state index contributed by atoms with van der Waals surface area (Å²) >= 11 is 1.44. The number of nitrogens with one attached hydrogen (secondary N) is 2. The minimum absolute atomic E-state index is 0.000967. The lowest BCUT2D eigenvalue weighted by Crippen LogP contribution is -2.19. The van der Waals surface area contributed by atoms with Crippen LogP contribution in [0.5, 0.6) is 0 Å². The Kier molecular flexibility index (Phi) is 4.77. The molecule has 4 heterocycles. The van der Waals surface area contributed by atoms with E-state index in [0.717, 1.165) is 32.1 Å². The molecule has 0 aliphatic heterocycles. The number of thiophene rings is 1. The quantitative estimate of drug-likeness (QED) is 0.348. The number of nitrogens with two attached hydrogens (primary N) is 1. The number of pyridine rings is 1. The Balaban J connectivity index is 1.31. The van der Waals surface area contributed by atoms with Gasteiger partial charge in [-0.15, -0.1) is 11.3 Å². The maximum absolute atomic E-state index is 12.9. The number of hydrogen-bond donors (Lipinski definition) is 3. The molecule has 10 heteroatoms. The summed E-state index contributed by atoms with van der Waals surface area (Å²) in [4.78, 5) is 27.8. The van der Waals surface area contributed by atoms with Gasteiger partial charge in [-0.05, 0) is 29.0 Å². The predicted octanol–water partition coefficient (Wildman–Crippen LogP) is 4.17. The summed E-state index contributed by atoms with van der Waals surface area (Å²) in [5, 5.41) is 12.1. The van der Waals surface area contributed by atoms with Crippen LogP contribution in [0.3, 0.4) is 0 Å². The van der Waals surface area contributed by atoms with Crippen LogP contribution in [0, 0.1) is 0 Å². The molecular formula is C24H18N8OS. The summed E-state index contributed by atoms with van der Waals surface area (Å²) in [6.07, 6.45) is 1.81. The molecule has 0 saturated carbocycles. The van der Waals surface area contributed by atoms with Crippen LogP contribution in [0.1, 0.15) is 16.3 Å². The van der Waals surface area contributed by atoms with Gasteiger partial charge >= 0.3 is 0 Å². The van der Waals surface area contributed by atoms with E-state index in [9.17, 15) is 4.79 Å². The van der Waals surface area contributed by atoms with Crippen molar-refractivity contribution in [3.8, 4) is 0 Å². The van der Waals surface area contributed by atoms with Crippen LogP contribution >= 0.6 is 11.3 Å². The van der Waals surface area contributed by atoms with Crippen molar-refractivity contribution in [2.24, 2.45) is 0 Å². The first-order valence-corrected chi connectivity index (χ1v) is 11.4. The molecule has 6 aromatic rings. The molecule has 166 valence electrons. The lowest BCUT2D eigenvalue weighted by atomic mass is 10.1. The van der Waals surface area contributed by atoms with E-state index in [1.807, 2.05) is 66.0 Å². The van der Waals surface area contributed by atoms with Gasteiger partial charge in [-0.1, -0.05) is 42.5 Å². The molecule has 0 atom stereocenters. The van der Waals surface area contributed by atoms with Crippen molar-refractivity contribution in [3.63, 3.8) is 0 Å². The van der Waals surface area contributed by atoms with Gasteiger partial charge in [0.25, 0.3) is 5.91 Å².